The van der Waals surface area contributed by atoms with Crippen LogP contribution in [0, 0.1) is 0 Å². The predicted molar refractivity (Wildman–Crippen MR) is 81.1 cm³/mol. The lowest BCUT2D eigenvalue weighted by molar-refractivity contribution is 0.114. The number of rotatable bonds is 5. The lowest BCUT2D eigenvalue weighted by Crippen LogP contribution is -2.42. The third-order valence-corrected chi connectivity index (χ3v) is 4.13. The third kappa shape index (κ3) is 4.51. The van der Waals surface area contributed by atoms with Crippen LogP contribution >= 0.6 is 11.3 Å². The van der Waals surface area contributed by atoms with E-state index >= 15 is 0 Å². The number of nitrogens with one attached hydrogen (secondary N) is 2. The maximum Gasteiger partial charge on any atom is 0.191 e. The molecule has 1 aromatic heterocycles. The van der Waals surface area contributed by atoms with Crippen molar-refractivity contribution in [1.29, 1.82) is 0 Å². The Kier molecular flexibility index (Phi) is 5.66. The van der Waals surface area contributed by atoms with Crippen LogP contribution in [0.15, 0.2) is 21.8 Å². The Labute approximate surface area is 119 Å². The van der Waals surface area contributed by atoms with Crippen molar-refractivity contribution in [2.24, 2.45) is 4.99 Å². The molecule has 19 heavy (non-hydrogen) atoms. The number of ether oxygens (including phenoxy) is 1. The zero-order valence-corrected chi connectivity index (χ0v) is 12.5. The molecule has 0 bridgehead atoms. The molecule has 1 saturated heterocycles. The van der Waals surface area contributed by atoms with E-state index in [1.54, 1.807) is 18.4 Å². The SMILES string of the molecule is CN=C(NCC1CCCO1)NCC(C)c1ccsc1. The highest BCUT2D eigenvalue weighted by Crippen LogP contribution is 2.17. The first-order valence-electron chi connectivity index (χ1n) is 6.88. The van der Waals surface area contributed by atoms with Gasteiger partial charge in [-0.25, -0.2) is 0 Å². The molecule has 0 aliphatic carbocycles. The molecule has 2 atom stereocenters. The Balaban J connectivity index is 1.70. The summed E-state index contributed by atoms with van der Waals surface area (Å²) in [6.07, 6.45) is 2.66. The summed E-state index contributed by atoms with van der Waals surface area (Å²) in [5, 5.41) is 11.0. The van der Waals surface area contributed by atoms with Crippen molar-refractivity contribution in [1.82, 2.24) is 10.6 Å². The summed E-state index contributed by atoms with van der Waals surface area (Å²) in [5.41, 5.74) is 1.38. The molecule has 106 valence electrons. The second-order valence-electron chi connectivity index (χ2n) is 4.93. The van der Waals surface area contributed by atoms with Crippen molar-refractivity contribution < 1.29 is 4.74 Å². The van der Waals surface area contributed by atoms with E-state index in [4.69, 9.17) is 4.74 Å². The average Bonchev–Trinajstić information content (AvgIpc) is 3.11. The van der Waals surface area contributed by atoms with Crippen LogP contribution in [-0.2, 0) is 4.74 Å². The van der Waals surface area contributed by atoms with E-state index < -0.39 is 0 Å². The zero-order valence-electron chi connectivity index (χ0n) is 11.7. The fourth-order valence-electron chi connectivity index (χ4n) is 2.16. The maximum atomic E-state index is 5.59. The molecular formula is C14H23N3OS. The van der Waals surface area contributed by atoms with Crippen molar-refractivity contribution in [3.8, 4) is 0 Å². The van der Waals surface area contributed by atoms with Crippen LogP contribution in [-0.4, -0.2) is 38.8 Å². The van der Waals surface area contributed by atoms with E-state index in [9.17, 15) is 0 Å². The van der Waals surface area contributed by atoms with Gasteiger partial charge in [-0.3, -0.25) is 4.99 Å². The van der Waals surface area contributed by atoms with E-state index in [0.717, 1.165) is 32.1 Å². The molecule has 2 N–H and O–H groups in total. The Morgan fingerprint density at radius 2 is 2.47 bits per heavy atom. The molecule has 1 aliphatic rings. The van der Waals surface area contributed by atoms with Gasteiger partial charge < -0.3 is 15.4 Å². The zero-order chi connectivity index (χ0) is 13.5. The number of nitrogens with zero attached hydrogens (tertiary/aromatic N) is 1. The second kappa shape index (κ2) is 7.50. The van der Waals surface area contributed by atoms with Crippen molar-refractivity contribution in [2.45, 2.75) is 31.8 Å². The maximum absolute atomic E-state index is 5.59. The first kappa shape index (κ1) is 14.3. The van der Waals surface area contributed by atoms with Crippen molar-refractivity contribution in [3.05, 3.63) is 22.4 Å². The summed E-state index contributed by atoms with van der Waals surface area (Å²) in [6.45, 7) is 4.85. The predicted octanol–water partition coefficient (Wildman–Crippen LogP) is 2.20. The molecule has 1 aliphatic heterocycles. The molecular weight excluding hydrogens is 258 g/mol. The van der Waals surface area contributed by atoms with Crippen LogP contribution in [0.2, 0.25) is 0 Å². The highest BCUT2D eigenvalue weighted by atomic mass is 32.1. The molecule has 1 aromatic rings. The van der Waals surface area contributed by atoms with Gasteiger partial charge in [0, 0.05) is 26.7 Å². The van der Waals surface area contributed by atoms with Crippen LogP contribution in [0.1, 0.15) is 31.2 Å². The van der Waals surface area contributed by atoms with Crippen molar-refractivity contribution >= 4 is 17.3 Å². The normalized spacial score (nSPS) is 21.4. The first-order valence-corrected chi connectivity index (χ1v) is 7.82. The van der Waals surface area contributed by atoms with Crippen molar-refractivity contribution in [3.63, 3.8) is 0 Å². The van der Waals surface area contributed by atoms with Crippen LogP contribution in [0.5, 0.6) is 0 Å². The Morgan fingerprint density at radius 1 is 1.58 bits per heavy atom. The van der Waals surface area contributed by atoms with Gasteiger partial charge in [-0.15, -0.1) is 0 Å². The van der Waals surface area contributed by atoms with E-state index in [1.807, 2.05) is 0 Å². The van der Waals surface area contributed by atoms with Gasteiger partial charge in [0.15, 0.2) is 5.96 Å². The number of guanidine groups is 1. The molecule has 2 unspecified atom stereocenters. The van der Waals surface area contributed by atoms with Crippen LogP contribution in [0.3, 0.4) is 0 Å². The third-order valence-electron chi connectivity index (χ3n) is 3.43. The fourth-order valence-corrected chi connectivity index (χ4v) is 2.94. The Bertz CT molecular complexity index is 385. The Hall–Kier alpha value is -1.07. The van der Waals surface area contributed by atoms with Crippen molar-refractivity contribution in [2.75, 3.05) is 26.7 Å². The lowest BCUT2D eigenvalue weighted by atomic mass is 10.1. The minimum Gasteiger partial charge on any atom is -0.376 e. The summed E-state index contributed by atoms with van der Waals surface area (Å²) in [4.78, 5) is 4.24. The van der Waals surface area contributed by atoms with Crippen LogP contribution < -0.4 is 10.6 Å². The molecule has 0 amide bonds. The van der Waals surface area contributed by atoms with Gasteiger partial charge in [-0.05, 0) is 41.1 Å². The highest BCUT2D eigenvalue weighted by Gasteiger charge is 2.15. The van der Waals surface area contributed by atoms with Gasteiger partial charge in [-0.1, -0.05) is 6.92 Å². The number of hydrogen-bond donors (Lipinski definition) is 2. The highest BCUT2D eigenvalue weighted by molar-refractivity contribution is 7.07. The monoisotopic (exact) mass is 281 g/mol. The summed E-state index contributed by atoms with van der Waals surface area (Å²) >= 11 is 1.74. The standard InChI is InChI=1S/C14H23N3OS/c1-11(12-5-7-19-10-12)8-16-14(15-2)17-9-13-4-3-6-18-13/h5,7,10-11,13H,3-4,6,8-9H2,1-2H3,(H2,15,16,17). The minimum absolute atomic E-state index is 0.341. The van der Waals surface area contributed by atoms with Crippen LogP contribution in [0.25, 0.3) is 0 Å². The van der Waals surface area contributed by atoms with Gasteiger partial charge in [0.05, 0.1) is 6.10 Å². The van der Waals surface area contributed by atoms with Gasteiger partial charge in [-0.2, -0.15) is 11.3 Å². The average molecular weight is 281 g/mol. The molecule has 0 saturated carbocycles. The molecule has 0 radical (unpaired) electrons. The Morgan fingerprint density at radius 3 is 3.11 bits per heavy atom. The van der Waals surface area contributed by atoms with E-state index in [0.29, 0.717) is 12.0 Å². The minimum atomic E-state index is 0.341. The number of aliphatic imine (C=N–C) groups is 1. The van der Waals surface area contributed by atoms with E-state index in [-0.39, 0.29) is 0 Å². The molecule has 2 rings (SSSR count). The topological polar surface area (TPSA) is 45.7 Å². The smallest absolute Gasteiger partial charge is 0.191 e. The number of hydrogen-bond acceptors (Lipinski definition) is 3. The lowest BCUT2D eigenvalue weighted by Gasteiger charge is -2.17. The molecule has 0 spiro atoms. The van der Waals surface area contributed by atoms with Gasteiger partial charge in [0.2, 0.25) is 0 Å². The largest absolute Gasteiger partial charge is 0.376 e. The molecule has 2 heterocycles. The molecule has 1 fully saturated rings. The van der Waals surface area contributed by atoms with Crippen LogP contribution in [0.4, 0.5) is 0 Å². The summed E-state index contributed by atoms with van der Waals surface area (Å²) in [7, 11) is 1.81. The quantitative estimate of drug-likeness (QED) is 0.642. The van der Waals surface area contributed by atoms with E-state index in [1.165, 1.54) is 12.0 Å². The molecule has 5 heteroatoms. The molecule has 4 nitrogen and oxygen atoms in total. The van der Waals surface area contributed by atoms with Gasteiger partial charge >= 0.3 is 0 Å². The summed E-state index contributed by atoms with van der Waals surface area (Å²) in [5.74, 6) is 1.35. The fraction of sp³-hybridized carbons (Fsp3) is 0.643. The summed E-state index contributed by atoms with van der Waals surface area (Å²) in [6, 6.07) is 2.18. The van der Waals surface area contributed by atoms with E-state index in [2.05, 4.69) is 39.4 Å². The first-order chi connectivity index (χ1) is 9.29. The van der Waals surface area contributed by atoms with Gasteiger partial charge in [0.1, 0.15) is 0 Å². The summed E-state index contributed by atoms with van der Waals surface area (Å²) < 4.78 is 5.59. The van der Waals surface area contributed by atoms with Gasteiger partial charge in [0.25, 0.3) is 0 Å². The second-order valence-corrected chi connectivity index (χ2v) is 5.71. The number of thiophene rings is 1. The molecule has 0 aromatic carbocycles.